The number of likely N-dealkylation sites (tertiary alicyclic amines) is 1. The van der Waals surface area contributed by atoms with Crippen LogP contribution in [-0.4, -0.2) is 151 Å². The van der Waals surface area contributed by atoms with Crippen LogP contribution in [0.5, 0.6) is 23.0 Å². The average molecular weight is 1480 g/mol. The number of nitrogens with one attached hydrogen (secondary N) is 10. The summed E-state index contributed by atoms with van der Waals surface area (Å²) in [6.45, 7) is 7.75. The Bertz CT molecular complexity index is 4790. The molecule has 0 aliphatic carbocycles. The third kappa shape index (κ3) is 21.7. The maximum atomic E-state index is 13.7. The fraction of sp³-hybridized carbons (Fsp3) is 0.250. The van der Waals surface area contributed by atoms with Crippen molar-refractivity contribution in [2.24, 2.45) is 22.9 Å². The van der Waals surface area contributed by atoms with Crippen LogP contribution in [-0.2, 0) is 38.7 Å². The Hall–Kier alpha value is -12.9. The molecule has 568 valence electrons. The Labute approximate surface area is 638 Å². The molecule has 110 heavy (non-hydrogen) atoms. The van der Waals surface area contributed by atoms with Crippen LogP contribution in [0.15, 0.2) is 231 Å². The number of hydrogen-bond donors (Lipinski definition) is 15. The molecule has 5 amide bonds. The van der Waals surface area contributed by atoms with Gasteiger partial charge in [-0.1, -0.05) is 140 Å². The molecule has 0 radical (unpaired) electrons. The number of carbonyl (C=O) groups excluding carboxylic acids is 5. The van der Waals surface area contributed by atoms with Crippen molar-refractivity contribution < 1.29 is 42.9 Å². The van der Waals surface area contributed by atoms with Gasteiger partial charge in [0.25, 0.3) is 5.91 Å². The number of nitrogens with two attached hydrogens (primary N) is 5. The van der Waals surface area contributed by atoms with Crippen LogP contribution in [0.2, 0.25) is 0 Å². The van der Waals surface area contributed by atoms with Crippen molar-refractivity contribution in [2.75, 3.05) is 50.3 Å². The highest BCUT2D eigenvalue weighted by molar-refractivity contribution is 6.00. The van der Waals surface area contributed by atoms with Gasteiger partial charge in [0.1, 0.15) is 76.8 Å². The number of benzene rings is 9. The van der Waals surface area contributed by atoms with Gasteiger partial charge in [0.15, 0.2) is 0 Å². The van der Waals surface area contributed by atoms with Crippen LogP contribution in [0.25, 0.3) is 10.8 Å². The van der Waals surface area contributed by atoms with Crippen LogP contribution < -0.4 is 79.5 Å². The van der Waals surface area contributed by atoms with E-state index in [1.807, 2.05) is 120 Å². The minimum atomic E-state index is -0.603. The quantitative estimate of drug-likeness (QED) is 0.0135. The molecule has 14 rings (SSSR count). The predicted molar refractivity (Wildman–Crippen MR) is 427 cm³/mol. The van der Waals surface area contributed by atoms with Gasteiger partial charge >= 0.3 is 0 Å². The van der Waals surface area contributed by atoms with Crippen molar-refractivity contribution in [3.8, 4) is 23.0 Å². The average Bonchev–Trinajstić information content (AvgIpc) is 1.58. The van der Waals surface area contributed by atoms with Crippen LogP contribution in [0.1, 0.15) is 75.0 Å². The fourth-order valence-corrected chi connectivity index (χ4v) is 13.4. The Balaban J connectivity index is 0.000000148. The first kappa shape index (κ1) is 78.2. The summed E-state index contributed by atoms with van der Waals surface area (Å²) in [5, 5.41) is 50.5. The van der Waals surface area contributed by atoms with E-state index in [0.29, 0.717) is 135 Å². The Morgan fingerprint density at radius 3 is 1.42 bits per heavy atom. The third-order valence-corrected chi connectivity index (χ3v) is 19.2. The van der Waals surface area contributed by atoms with Crippen LogP contribution >= 0.6 is 0 Å². The molecule has 0 bridgehead atoms. The second-order valence-corrected chi connectivity index (χ2v) is 27.2. The van der Waals surface area contributed by atoms with Gasteiger partial charge in [-0.05, 0) is 119 Å². The lowest BCUT2D eigenvalue weighted by molar-refractivity contribution is -0.136. The van der Waals surface area contributed by atoms with E-state index < -0.39 is 6.04 Å². The first-order chi connectivity index (χ1) is 53.2. The zero-order valence-corrected chi connectivity index (χ0v) is 60.8. The SMILES string of the molecule is C=CCNC(=O)[C@@H]1C[C@@H](Oc2cccc(C(=N)N)c2)CN1.N=C(N)c1cccc(O[C@@H]2C[C@@H](C(=O)N3CCc4ccccc4C3)N(C(=O)c3ccccc3)C2)c1.N=C(N)c1cccc(O[C@H]2CN[C@H](C(=O)NCc3ccc(N)cc3)C2)c1.N=C(N)c1cccc(O[C@H]2CN[C@H](C(=O)Nc3ccc4ccccc4c3)C2)c1. The van der Waals surface area contributed by atoms with Gasteiger partial charge in [0, 0.05) is 111 Å². The number of amides is 5. The van der Waals surface area contributed by atoms with E-state index in [0.717, 1.165) is 34.0 Å². The van der Waals surface area contributed by atoms with Crippen molar-refractivity contribution in [1.82, 2.24) is 36.4 Å². The van der Waals surface area contributed by atoms with E-state index in [-0.39, 0.29) is 95.4 Å². The predicted octanol–water partition coefficient (Wildman–Crippen LogP) is 7.45. The van der Waals surface area contributed by atoms with E-state index in [4.69, 9.17) is 69.3 Å². The summed E-state index contributed by atoms with van der Waals surface area (Å²) in [5.74, 6) is 2.09. The molecule has 26 heteroatoms. The molecule has 4 saturated heterocycles. The number of nitrogen functional groups attached to an aromatic ring is 5. The van der Waals surface area contributed by atoms with Crippen molar-refractivity contribution in [2.45, 2.75) is 93.8 Å². The normalized spacial score (nSPS) is 19.3. The Morgan fingerprint density at radius 2 is 0.918 bits per heavy atom. The molecule has 5 heterocycles. The first-order valence-corrected chi connectivity index (χ1v) is 36.4. The van der Waals surface area contributed by atoms with Gasteiger partial charge < -0.3 is 89.3 Å². The summed E-state index contributed by atoms with van der Waals surface area (Å²) >= 11 is 0. The minimum Gasteiger partial charge on any atom is -0.489 e. The molecule has 0 aromatic heterocycles. The monoisotopic (exact) mass is 1480 g/mol. The number of carbonyl (C=O) groups is 5. The number of hydrogen-bond acceptors (Lipinski definition) is 17. The van der Waals surface area contributed by atoms with Gasteiger partial charge in [-0.25, -0.2) is 0 Å². The molecule has 9 aromatic carbocycles. The Morgan fingerprint density at radius 1 is 0.473 bits per heavy atom. The molecule has 5 aliphatic rings. The topological polar surface area (TPSA) is 426 Å². The summed E-state index contributed by atoms with van der Waals surface area (Å²) in [5.41, 5.74) is 35.6. The van der Waals surface area contributed by atoms with Crippen LogP contribution in [0.4, 0.5) is 11.4 Å². The van der Waals surface area contributed by atoms with E-state index in [1.54, 1.807) is 102 Å². The molecular weight excluding hydrogens is 1390 g/mol. The molecule has 26 nitrogen and oxygen atoms in total. The Kier molecular flexibility index (Phi) is 26.7. The summed E-state index contributed by atoms with van der Waals surface area (Å²) in [6.07, 6.45) is 3.96. The molecule has 8 atom stereocenters. The lowest BCUT2D eigenvalue weighted by Crippen LogP contribution is -2.49. The lowest BCUT2D eigenvalue weighted by atomic mass is 9.99. The van der Waals surface area contributed by atoms with E-state index in [1.165, 1.54) is 5.56 Å². The van der Waals surface area contributed by atoms with Gasteiger partial charge in [-0.2, -0.15) is 0 Å². The number of ether oxygens (including phenoxy) is 4. The van der Waals surface area contributed by atoms with Crippen molar-refractivity contribution in [3.63, 3.8) is 0 Å². The second-order valence-electron chi connectivity index (χ2n) is 27.2. The molecule has 0 spiro atoms. The lowest BCUT2D eigenvalue weighted by Gasteiger charge is -2.33. The molecular formula is C84H93N17O9. The fourth-order valence-electron chi connectivity index (χ4n) is 13.4. The smallest absolute Gasteiger partial charge is 0.254 e. The van der Waals surface area contributed by atoms with Crippen molar-refractivity contribution in [1.29, 1.82) is 21.6 Å². The highest BCUT2D eigenvalue weighted by Gasteiger charge is 2.43. The molecule has 20 N–H and O–H groups in total. The van der Waals surface area contributed by atoms with Gasteiger partial charge in [0.2, 0.25) is 23.6 Å². The van der Waals surface area contributed by atoms with E-state index in [2.05, 4.69) is 50.6 Å². The number of nitrogens with zero attached hydrogens (tertiary/aromatic N) is 2. The maximum Gasteiger partial charge on any atom is 0.254 e. The van der Waals surface area contributed by atoms with Gasteiger partial charge in [0.05, 0.1) is 24.7 Å². The zero-order chi connectivity index (χ0) is 77.6. The largest absolute Gasteiger partial charge is 0.489 e. The number of rotatable bonds is 22. The number of amidine groups is 4. The van der Waals surface area contributed by atoms with E-state index in [9.17, 15) is 24.0 Å². The third-order valence-electron chi connectivity index (χ3n) is 19.2. The number of anilines is 2. The molecule has 5 aliphatic heterocycles. The van der Waals surface area contributed by atoms with Gasteiger partial charge in [-0.15, -0.1) is 6.58 Å². The van der Waals surface area contributed by atoms with Crippen LogP contribution in [0.3, 0.4) is 0 Å². The highest BCUT2D eigenvalue weighted by atomic mass is 16.5. The minimum absolute atomic E-state index is 0.0000746. The summed E-state index contributed by atoms with van der Waals surface area (Å²) in [7, 11) is 0. The maximum absolute atomic E-state index is 13.7. The van der Waals surface area contributed by atoms with E-state index >= 15 is 0 Å². The highest BCUT2D eigenvalue weighted by Crippen LogP contribution is 2.31. The number of fused-ring (bicyclic) bond motifs is 2. The standard InChI is InChI=1S/C28H28N4O3.C22H22N4O2.C19H23N5O2.C15H20N4O2/c29-26(30)21-11-6-12-23(15-21)35-24-16-25(32(18-24)27(33)20-8-2-1-3-9-20)28(34)31-14-13-19-7-4-5-10-22(19)17-31;23-21(24)16-6-3-7-18(11-16)28-19-12-20(25-13-19)22(27)26-17-9-8-14-4-1-2-5-15(14)10-17;20-14-6-4-12(5-7-14)10-24-19(25)17-9-16(11-23-17)26-15-3-1-2-13(8-15)18(21)22;1-2-6-18-15(20)13-8-12(9-19-13)21-11-5-3-4-10(7-11)14(16)17/h1-12,15,24-25H,13-14,16-18H2,(H3,29,30);1-11,19-20,25H,12-13H2,(H3,23,24)(H,26,27);1-8,16-17,23H,9-11,20H2,(H3,21,22)(H,24,25);2-5,7,12-13,19H,1,6,8-9H2,(H3,16,17)(H,18,20)/t24-,25+;19-,20+;16-,17+;12-,13+/m1111/s1. The first-order valence-electron chi connectivity index (χ1n) is 36.4. The zero-order valence-electron chi connectivity index (χ0n) is 60.8. The van der Waals surface area contributed by atoms with Crippen LogP contribution in [0, 0.1) is 21.6 Å². The van der Waals surface area contributed by atoms with Crippen molar-refractivity contribution >= 4 is 75.0 Å². The summed E-state index contributed by atoms with van der Waals surface area (Å²) < 4.78 is 23.9. The van der Waals surface area contributed by atoms with Crippen molar-refractivity contribution in [3.05, 3.63) is 276 Å². The molecule has 0 unspecified atom stereocenters. The summed E-state index contributed by atoms with van der Waals surface area (Å²) in [4.78, 5) is 67.4. The molecule has 9 aromatic rings. The molecule has 4 fully saturated rings. The van der Waals surface area contributed by atoms with Gasteiger partial charge in [-0.3, -0.25) is 45.6 Å². The molecule has 0 saturated carbocycles. The second kappa shape index (κ2) is 37.6. The summed E-state index contributed by atoms with van der Waals surface area (Å²) in [6, 6.07) is 65.5.